The lowest BCUT2D eigenvalue weighted by Gasteiger charge is -2.26. The third kappa shape index (κ3) is 4.19. The molecule has 4 rings (SSSR count). The largest absolute Gasteiger partial charge is 0.416 e. The molecule has 0 unspecified atom stereocenters. The maximum atomic E-state index is 12.7. The van der Waals surface area contributed by atoms with Crippen molar-refractivity contribution in [1.29, 1.82) is 0 Å². The third-order valence-corrected chi connectivity index (χ3v) is 6.16. The van der Waals surface area contributed by atoms with Crippen molar-refractivity contribution in [1.82, 2.24) is 19.4 Å². The first kappa shape index (κ1) is 19.6. The van der Waals surface area contributed by atoms with Crippen LogP contribution in [-0.2, 0) is 30.5 Å². The maximum absolute atomic E-state index is 12.7. The van der Waals surface area contributed by atoms with Crippen molar-refractivity contribution in [3.05, 3.63) is 58.6 Å². The number of thiazole rings is 1. The summed E-state index contributed by atoms with van der Waals surface area (Å²) in [6, 6.07) is 5.04. The topological polar surface area (TPSA) is 51.0 Å². The van der Waals surface area contributed by atoms with Crippen LogP contribution in [0.3, 0.4) is 0 Å². The molecule has 1 aliphatic rings. The zero-order valence-electron chi connectivity index (χ0n) is 15.7. The number of rotatable bonds is 4. The lowest BCUT2D eigenvalue weighted by Crippen LogP contribution is -2.35. The van der Waals surface area contributed by atoms with E-state index in [0.717, 1.165) is 28.5 Å². The molecule has 0 aliphatic carbocycles. The quantitative estimate of drug-likeness (QED) is 0.632. The summed E-state index contributed by atoms with van der Waals surface area (Å²) in [4.78, 5) is 24.2. The van der Waals surface area contributed by atoms with E-state index in [0.29, 0.717) is 43.0 Å². The highest BCUT2D eigenvalue weighted by molar-refractivity contribution is 7.15. The number of aromatic nitrogens is 3. The highest BCUT2D eigenvalue weighted by Gasteiger charge is 2.30. The predicted molar refractivity (Wildman–Crippen MR) is 103 cm³/mol. The Morgan fingerprint density at radius 1 is 1.24 bits per heavy atom. The molecule has 5 nitrogen and oxygen atoms in total. The molecule has 152 valence electrons. The first-order valence-electron chi connectivity index (χ1n) is 9.23. The van der Waals surface area contributed by atoms with Gasteiger partial charge in [0.2, 0.25) is 5.91 Å². The van der Waals surface area contributed by atoms with Gasteiger partial charge in [-0.2, -0.15) is 13.2 Å². The van der Waals surface area contributed by atoms with Crippen LogP contribution in [0.5, 0.6) is 0 Å². The third-order valence-electron chi connectivity index (χ3n) is 5.03. The molecular formula is C20H19F3N4OS. The van der Waals surface area contributed by atoms with E-state index in [4.69, 9.17) is 0 Å². The van der Waals surface area contributed by atoms with Crippen LogP contribution in [0.2, 0.25) is 0 Å². The summed E-state index contributed by atoms with van der Waals surface area (Å²) < 4.78 is 40.2. The van der Waals surface area contributed by atoms with Gasteiger partial charge in [-0.3, -0.25) is 4.79 Å². The van der Waals surface area contributed by atoms with Crippen molar-refractivity contribution in [3.8, 4) is 10.6 Å². The van der Waals surface area contributed by atoms with Crippen LogP contribution in [0.15, 0.2) is 36.7 Å². The van der Waals surface area contributed by atoms with Crippen LogP contribution in [-0.4, -0.2) is 31.9 Å². The van der Waals surface area contributed by atoms with E-state index in [1.165, 1.54) is 23.5 Å². The monoisotopic (exact) mass is 420 g/mol. The Hall–Kier alpha value is -2.68. The van der Waals surface area contributed by atoms with Gasteiger partial charge in [-0.15, -0.1) is 11.3 Å². The number of benzene rings is 1. The van der Waals surface area contributed by atoms with E-state index in [1.54, 1.807) is 6.20 Å². The highest BCUT2D eigenvalue weighted by atomic mass is 32.1. The van der Waals surface area contributed by atoms with Gasteiger partial charge in [-0.05, 0) is 19.1 Å². The number of nitrogens with zero attached hydrogens (tertiary/aromatic N) is 4. The predicted octanol–water partition coefficient (Wildman–Crippen LogP) is 4.31. The SMILES string of the molecule is Cc1nccn1CCC(=O)N1CCc2nc(-c3ccc(C(F)(F)F)cc3)sc2C1. The number of hydrogen-bond donors (Lipinski definition) is 0. The zero-order chi connectivity index (χ0) is 20.6. The van der Waals surface area contributed by atoms with Gasteiger partial charge in [0.15, 0.2) is 0 Å². The molecule has 0 saturated heterocycles. The first-order valence-corrected chi connectivity index (χ1v) is 10.0. The van der Waals surface area contributed by atoms with Gasteiger partial charge in [-0.1, -0.05) is 12.1 Å². The smallest absolute Gasteiger partial charge is 0.337 e. The summed E-state index contributed by atoms with van der Waals surface area (Å²) >= 11 is 1.44. The Morgan fingerprint density at radius 2 is 2.00 bits per heavy atom. The average Bonchev–Trinajstić information content (AvgIpc) is 3.30. The van der Waals surface area contributed by atoms with Gasteiger partial charge in [-0.25, -0.2) is 9.97 Å². The normalized spacial score (nSPS) is 14.1. The average molecular weight is 420 g/mol. The van der Waals surface area contributed by atoms with Crippen molar-refractivity contribution in [2.45, 2.75) is 39.0 Å². The molecule has 0 bridgehead atoms. The number of hydrogen-bond acceptors (Lipinski definition) is 4. The Labute approximate surface area is 169 Å². The number of carbonyl (C=O) groups excluding carboxylic acids is 1. The van der Waals surface area contributed by atoms with E-state index >= 15 is 0 Å². The second-order valence-electron chi connectivity index (χ2n) is 6.95. The fourth-order valence-electron chi connectivity index (χ4n) is 3.35. The molecule has 3 aromatic rings. The van der Waals surface area contributed by atoms with Gasteiger partial charge < -0.3 is 9.47 Å². The van der Waals surface area contributed by atoms with Crippen molar-refractivity contribution in [2.75, 3.05) is 6.54 Å². The van der Waals surface area contributed by atoms with E-state index in [9.17, 15) is 18.0 Å². The molecule has 0 radical (unpaired) electrons. The minimum absolute atomic E-state index is 0.0771. The molecule has 1 aliphatic heterocycles. The van der Waals surface area contributed by atoms with E-state index < -0.39 is 11.7 Å². The molecule has 3 heterocycles. The minimum atomic E-state index is -4.35. The summed E-state index contributed by atoms with van der Waals surface area (Å²) in [7, 11) is 0. The second-order valence-corrected chi connectivity index (χ2v) is 8.03. The molecule has 9 heteroatoms. The van der Waals surface area contributed by atoms with Crippen molar-refractivity contribution in [2.24, 2.45) is 0 Å². The Balaban J connectivity index is 1.43. The number of amides is 1. The van der Waals surface area contributed by atoms with Gasteiger partial charge in [0.05, 0.1) is 17.8 Å². The Kier molecular flexibility index (Phi) is 5.16. The fourth-order valence-corrected chi connectivity index (χ4v) is 4.48. The molecule has 0 N–H and O–H groups in total. The molecule has 1 amide bonds. The summed E-state index contributed by atoms with van der Waals surface area (Å²) in [6.07, 6.45) is 0.277. The van der Waals surface area contributed by atoms with Gasteiger partial charge >= 0.3 is 6.18 Å². The van der Waals surface area contributed by atoms with Gasteiger partial charge in [0.1, 0.15) is 10.8 Å². The molecule has 0 saturated carbocycles. The van der Waals surface area contributed by atoms with Crippen LogP contribution in [0.25, 0.3) is 10.6 Å². The summed E-state index contributed by atoms with van der Waals surface area (Å²) in [6.45, 7) is 3.59. The van der Waals surface area contributed by atoms with Crippen molar-refractivity contribution >= 4 is 17.2 Å². The molecule has 0 spiro atoms. The fraction of sp³-hybridized carbons (Fsp3) is 0.350. The number of fused-ring (bicyclic) bond motifs is 1. The maximum Gasteiger partial charge on any atom is 0.416 e. The lowest BCUT2D eigenvalue weighted by atomic mass is 10.1. The molecular weight excluding hydrogens is 401 g/mol. The van der Waals surface area contributed by atoms with Crippen molar-refractivity contribution < 1.29 is 18.0 Å². The van der Waals surface area contributed by atoms with E-state index in [1.807, 2.05) is 22.6 Å². The molecule has 0 atom stereocenters. The Morgan fingerprint density at radius 3 is 2.66 bits per heavy atom. The molecule has 2 aromatic heterocycles. The minimum Gasteiger partial charge on any atom is -0.337 e. The van der Waals surface area contributed by atoms with Crippen LogP contribution >= 0.6 is 11.3 Å². The number of imidazole rings is 1. The second kappa shape index (κ2) is 7.62. The highest BCUT2D eigenvalue weighted by Crippen LogP contribution is 2.34. The van der Waals surface area contributed by atoms with Crippen molar-refractivity contribution in [3.63, 3.8) is 0 Å². The first-order chi connectivity index (χ1) is 13.8. The Bertz CT molecular complexity index is 1020. The van der Waals surface area contributed by atoms with Crippen LogP contribution in [0, 0.1) is 6.92 Å². The lowest BCUT2D eigenvalue weighted by molar-refractivity contribution is -0.137. The zero-order valence-corrected chi connectivity index (χ0v) is 16.6. The summed E-state index contributed by atoms with van der Waals surface area (Å²) in [5, 5.41) is 0.687. The molecule has 1 aromatic carbocycles. The van der Waals surface area contributed by atoms with Crippen LogP contribution in [0.4, 0.5) is 13.2 Å². The molecule has 0 fully saturated rings. The number of alkyl halides is 3. The van der Waals surface area contributed by atoms with Crippen LogP contribution < -0.4 is 0 Å². The number of halogens is 3. The summed E-state index contributed by atoms with van der Waals surface area (Å²) in [5.74, 6) is 0.954. The number of carbonyl (C=O) groups is 1. The summed E-state index contributed by atoms with van der Waals surface area (Å²) in [5.41, 5.74) is 0.915. The van der Waals surface area contributed by atoms with Gasteiger partial charge in [0.25, 0.3) is 0 Å². The van der Waals surface area contributed by atoms with E-state index in [-0.39, 0.29) is 5.91 Å². The van der Waals surface area contributed by atoms with Crippen LogP contribution in [0.1, 0.15) is 28.4 Å². The van der Waals surface area contributed by atoms with Gasteiger partial charge in [0, 0.05) is 48.8 Å². The molecule has 29 heavy (non-hydrogen) atoms. The standard InChI is InChI=1S/C20H19F3N4OS/c1-13-24-8-11-26(13)10-7-18(28)27-9-6-16-17(12-27)29-19(25-16)14-2-4-15(5-3-14)20(21,22)23/h2-5,8,11H,6-7,9-10,12H2,1H3. The number of aryl methyl sites for hydroxylation is 2. The van der Waals surface area contributed by atoms with E-state index in [2.05, 4.69) is 9.97 Å².